The first-order chi connectivity index (χ1) is 6.49. The third-order valence-electron chi connectivity index (χ3n) is 3.43. The molecule has 0 spiro atoms. The summed E-state index contributed by atoms with van der Waals surface area (Å²) < 4.78 is 5.15. The van der Waals surface area contributed by atoms with Crippen LogP contribution in [0.25, 0.3) is 0 Å². The highest BCUT2D eigenvalue weighted by Crippen LogP contribution is 2.44. The van der Waals surface area contributed by atoms with E-state index >= 15 is 0 Å². The standard InChI is InChI=1S/C12H22O2/c1-5-14-11(13)10-9(2)7-6-8-12(10,3)4/h9-10H,5-8H2,1-4H3/t9-,10+/m0/s1. The van der Waals surface area contributed by atoms with Gasteiger partial charge in [-0.2, -0.15) is 0 Å². The zero-order chi connectivity index (χ0) is 10.8. The summed E-state index contributed by atoms with van der Waals surface area (Å²) in [6, 6.07) is 0. The van der Waals surface area contributed by atoms with E-state index in [-0.39, 0.29) is 17.3 Å². The molecule has 1 fully saturated rings. The maximum atomic E-state index is 11.8. The van der Waals surface area contributed by atoms with Gasteiger partial charge in [0.1, 0.15) is 0 Å². The van der Waals surface area contributed by atoms with Crippen molar-refractivity contribution in [1.82, 2.24) is 0 Å². The van der Waals surface area contributed by atoms with Crippen molar-refractivity contribution in [2.75, 3.05) is 6.61 Å². The van der Waals surface area contributed by atoms with Crippen LogP contribution in [0.15, 0.2) is 0 Å². The van der Waals surface area contributed by atoms with Crippen molar-refractivity contribution in [3.05, 3.63) is 0 Å². The van der Waals surface area contributed by atoms with E-state index in [1.807, 2.05) is 6.92 Å². The Labute approximate surface area is 87.0 Å². The number of hydrogen-bond acceptors (Lipinski definition) is 2. The summed E-state index contributed by atoms with van der Waals surface area (Å²) in [7, 11) is 0. The molecule has 14 heavy (non-hydrogen) atoms. The fourth-order valence-corrected chi connectivity index (χ4v) is 2.76. The molecule has 2 nitrogen and oxygen atoms in total. The molecule has 2 heteroatoms. The van der Waals surface area contributed by atoms with Crippen LogP contribution >= 0.6 is 0 Å². The van der Waals surface area contributed by atoms with Gasteiger partial charge in [-0.3, -0.25) is 4.79 Å². The Morgan fingerprint density at radius 3 is 2.64 bits per heavy atom. The Kier molecular flexibility index (Phi) is 3.57. The molecular formula is C12H22O2. The average molecular weight is 198 g/mol. The largest absolute Gasteiger partial charge is 0.466 e. The molecule has 0 radical (unpaired) electrons. The smallest absolute Gasteiger partial charge is 0.309 e. The number of carbonyl (C=O) groups is 1. The Balaban J connectivity index is 2.74. The van der Waals surface area contributed by atoms with Gasteiger partial charge in [-0.1, -0.05) is 27.2 Å². The number of carbonyl (C=O) groups excluding carboxylic acids is 1. The lowest BCUT2D eigenvalue weighted by Crippen LogP contribution is -2.40. The van der Waals surface area contributed by atoms with E-state index in [1.165, 1.54) is 6.42 Å². The molecule has 0 aliphatic heterocycles. The Hall–Kier alpha value is -0.530. The van der Waals surface area contributed by atoms with Gasteiger partial charge >= 0.3 is 5.97 Å². The lowest BCUT2D eigenvalue weighted by molar-refractivity contribution is -0.157. The molecule has 0 aromatic heterocycles. The van der Waals surface area contributed by atoms with Gasteiger partial charge in [0.25, 0.3) is 0 Å². The molecule has 0 amide bonds. The monoisotopic (exact) mass is 198 g/mol. The molecule has 0 aromatic carbocycles. The summed E-state index contributed by atoms with van der Waals surface area (Å²) >= 11 is 0. The van der Waals surface area contributed by atoms with Crippen LogP contribution in [0.5, 0.6) is 0 Å². The van der Waals surface area contributed by atoms with Crippen LogP contribution in [0, 0.1) is 17.3 Å². The molecule has 1 saturated carbocycles. The summed E-state index contributed by atoms with van der Waals surface area (Å²) in [5, 5.41) is 0. The van der Waals surface area contributed by atoms with E-state index in [4.69, 9.17) is 4.74 Å². The minimum atomic E-state index is 0.00435. The zero-order valence-corrected chi connectivity index (χ0v) is 9.80. The van der Waals surface area contributed by atoms with E-state index in [2.05, 4.69) is 20.8 Å². The van der Waals surface area contributed by atoms with Crippen LogP contribution in [0.2, 0.25) is 0 Å². The van der Waals surface area contributed by atoms with E-state index in [0.29, 0.717) is 12.5 Å². The quantitative estimate of drug-likeness (QED) is 0.637. The Morgan fingerprint density at radius 1 is 1.50 bits per heavy atom. The molecule has 0 heterocycles. The van der Waals surface area contributed by atoms with Crippen molar-refractivity contribution in [3.8, 4) is 0 Å². The zero-order valence-electron chi connectivity index (χ0n) is 9.80. The van der Waals surface area contributed by atoms with Gasteiger partial charge in [-0.25, -0.2) is 0 Å². The summed E-state index contributed by atoms with van der Waals surface area (Å²) in [5.74, 6) is 0.568. The lowest BCUT2D eigenvalue weighted by atomic mass is 9.64. The molecule has 0 aromatic rings. The van der Waals surface area contributed by atoms with Crippen molar-refractivity contribution < 1.29 is 9.53 Å². The highest BCUT2D eigenvalue weighted by molar-refractivity contribution is 5.73. The predicted molar refractivity (Wildman–Crippen MR) is 56.9 cm³/mol. The van der Waals surface area contributed by atoms with Crippen molar-refractivity contribution in [2.24, 2.45) is 17.3 Å². The second-order valence-corrected chi connectivity index (χ2v) is 5.09. The maximum absolute atomic E-state index is 11.8. The highest BCUT2D eigenvalue weighted by Gasteiger charge is 2.42. The summed E-state index contributed by atoms with van der Waals surface area (Å²) in [6.45, 7) is 8.91. The van der Waals surface area contributed by atoms with Gasteiger partial charge in [0, 0.05) is 0 Å². The van der Waals surface area contributed by atoms with Crippen LogP contribution in [0.1, 0.15) is 47.0 Å². The van der Waals surface area contributed by atoms with Gasteiger partial charge in [0.15, 0.2) is 0 Å². The summed E-state index contributed by atoms with van der Waals surface area (Å²) in [4.78, 5) is 11.8. The van der Waals surface area contributed by atoms with Gasteiger partial charge in [-0.15, -0.1) is 0 Å². The van der Waals surface area contributed by atoms with Gasteiger partial charge < -0.3 is 4.74 Å². The highest BCUT2D eigenvalue weighted by atomic mass is 16.5. The molecule has 82 valence electrons. The van der Waals surface area contributed by atoms with E-state index in [0.717, 1.165) is 12.8 Å². The second kappa shape index (κ2) is 4.33. The Morgan fingerprint density at radius 2 is 2.14 bits per heavy atom. The third kappa shape index (κ3) is 2.28. The lowest BCUT2D eigenvalue weighted by Gasteiger charge is -2.40. The SMILES string of the molecule is CCOC(=O)[C@H]1[C@@H](C)CCCC1(C)C. The molecule has 1 aliphatic rings. The van der Waals surface area contributed by atoms with Crippen molar-refractivity contribution in [2.45, 2.75) is 47.0 Å². The maximum Gasteiger partial charge on any atom is 0.309 e. The van der Waals surface area contributed by atoms with Crippen LogP contribution in [0.4, 0.5) is 0 Å². The van der Waals surface area contributed by atoms with Crippen LogP contribution in [0.3, 0.4) is 0 Å². The third-order valence-corrected chi connectivity index (χ3v) is 3.43. The minimum Gasteiger partial charge on any atom is -0.466 e. The van der Waals surface area contributed by atoms with Gasteiger partial charge in [0.05, 0.1) is 12.5 Å². The average Bonchev–Trinajstić information content (AvgIpc) is 2.02. The van der Waals surface area contributed by atoms with Crippen molar-refractivity contribution >= 4 is 5.97 Å². The first kappa shape index (κ1) is 11.5. The first-order valence-electron chi connectivity index (χ1n) is 5.65. The van der Waals surface area contributed by atoms with E-state index < -0.39 is 0 Å². The minimum absolute atomic E-state index is 0.00435. The van der Waals surface area contributed by atoms with Crippen LogP contribution in [-0.4, -0.2) is 12.6 Å². The van der Waals surface area contributed by atoms with Gasteiger partial charge in [0.2, 0.25) is 0 Å². The first-order valence-corrected chi connectivity index (χ1v) is 5.65. The molecule has 1 aliphatic carbocycles. The molecule has 0 saturated heterocycles. The van der Waals surface area contributed by atoms with Gasteiger partial charge in [-0.05, 0) is 31.1 Å². The number of hydrogen-bond donors (Lipinski definition) is 0. The number of esters is 1. The van der Waals surface area contributed by atoms with Crippen molar-refractivity contribution in [3.63, 3.8) is 0 Å². The summed E-state index contributed by atoms with van der Waals surface area (Å²) in [5.41, 5.74) is 0.115. The normalized spacial score (nSPS) is 31.1. The molecular weight excluding hydrogens is 176 g/mol. The molecule has 2 atom stereocenters. The fraction of sp³-hybridized carbons (Fsp3) is 0.917. The predicted octanol–water partition coefficient (Wildman–Crippen LogP) is 3.01. The fourth-order valence-electron chi connectivity index (χ4n) is 2.76. The number of ether oxygens (including phenoxy) is 1. The number of rotatable bonds is 2. The Bertz CT molecular complexity index is 208. The topological polar surface area (TPSA) is 26.3 Å². The van der Waals surface area contributed by atoms with Crippen LogP contribution < -0.4 is 0 Å². The summed E-state index contributed by atoms with van der Waals surface area (Å²) in [6.07, 6.45) is 3.54. The van der Waals surface area contributed by atoms with Crippen molar-refractivity contribution in [1.29, 1.82) is 0 Å². The molecule has 1 rings (SSSR count). The van der Waals surface area contributed by atoms with Crippen LogP contribution in [-0.2, 0) is 9.53 Å². The molecule has 0 unspecified atom stereocenters. The van der Waals surface area contributed by atoms with E-state index in [9.17, 15) is 4.79 Å². The second-order valence-electron chi connectivity index (χ2n) is 5.09. The molecule has 0 bridgehead atoms. The molecule has 0 N–H and O–H groups in total. The van der Waals surface area contributed by atoms with E-state index in [1.54, 1.807) is 0 Å².